The first-order valence-electron chi connectivity index (χ1n) is 10.5. The van der Waals surface area contributed by atoms with E-state index in [2.05, 4.69) is 0 Å². The number of benzene rings is 2. The Labute approximate surface area is 198 Å². The van der Waals surface area contributed by atoms with Gasteiger partial charge in [0.05, 0.1) is 16.5 Å². The maximum atomic E-state index is 13.0. The predicted octanol–water partition coefficient (Wildman–Crippen LogP) is 1.25. The summed E-state index contributed by atoms with van der Waals surface area (Å²) in [6.07, 6.45) is 0. The van der Waals surface area contributed by atoms with E-state index in [1.54, 1.807) is 35.2 Å². The number of amides is 2. The summed E-state index contributed by atoms with van der Waals surface area (Å²) < 4.78 is 32.4. The maximum Gasteiger partial charge on any atom is 0.338 e. The van der Waals surface area contributed by atoms with E-state index in [4.69, 9.17) is 10.00 Å². The lowest BCUT2D eigenvalue weighted by Gasteiger charge is -2.33. The first-order valence-corrected chi connectivity index (χ1v) is 11.9. The van der Waals surface area contributed by atoms with Crippen LogP contribution in [0.2, 0.25) is 0 Å². The molecule has 1 aliphatic heterocycles. The quantitative estimate of drug-likeness (QED) is 0.427. The highest BCUT2D eigenvalue weighted by atomic mass is 32.2. The summed E-state index contributed by atoms with van der Waals surface area (Å²) in [5, 5.41) is 9.03. The van der Waals surface area contributed by atoms with Crippen molar-refractivity contribution in [3.63, 3.8) is 0 Å². The minimum absolute atomic E-state index is 0.0252. The summed E-state index contributed by atoms with van der Waals surface area (Å²) >= 11 is 0. The van der Waals surface area contributed by atoms with Gasteiger partial charge in [0.25, 0.3) is 5.91 Å². The number of sulfonamides is 1. The van der Waals surface area contributed by atoms with Gasteiger partial charge in [-0.1, -0.05) is 24.3 Å². The molecule has 0 atom stereocenters. The lowest BCUT2D eigenvalue weighted by molar-refractivity contribution is -0.130. The van der Waals surface area contributed by atoms with E-state index in [1.807, 2.05) is 6.07 Å². The highest BCUT2D eigenvalue weighted by Gasteiger charge is 2.30. The second-order valence-corrected chi connectivity index (χ2v) is 9.43. The van der Waals surface area contributed by atoms with Crippen LogP contribution >= 0.6 is 0 Å². The van der Waals surface area contributed by atoms with Crippen molar-refractivity contribution in [2.24, 2.45) is 0 Å². The van der Waals surface area contributed by atoms with Gasteiger partial charge in [-0.15, -0.1) is 0 Å². The molecule has 178 valence electrons. The molecule has 34 heavy (non-hydrogen) atoms. The molecule has 0 N–H and O–H groups in total. The topological polar surface area (TPSA) is 128 Å². The maximum absolute atomic E-state index is 13.0. The smallest absolute Gasteiger partial charge is 0.338 e. The van der Waals surface area contributed by atoms with Gasteiger partial charge in [0.1, 0.15) is 6.54 Å². The number of hydrogen-bond acceptors (Lipinski definition) is 7. The molecule has 1 fully saturated rings. The summed E-state index contributed by atoms with van der Waals surface area (Å²) in [5.41, 5.74) is 0.464. The molecule has 3 rings (SSSR count). The van der Waals surface area contributed by atoms with Crippen molar-refractivity contribution in [2.75, 3.05) is 44.2 Å². The third kappa shape index (κ3) is 5.78. The molecule has 1 aliphatic rings. The van der Waals surface area contributed by atoms with Crippen LogP contribution in [0, 0.1) is 11.3 Å². The molecular formula is C23H24N4O6S. The zero-order valence-electron chi connectivity index (χ0n) is 18.6. The summed E-state index contributed by atoms with van der Waals surface area (Å²) in [4.78, 5) is 39.2. The van der Waals surface area contributed by atoms with Gasteiger partial charge in [-0.05, 0) is 30.3 Å². The monoisotopic (exact) mass is 484 g/mol. The number of carbonyl (C=O) groups excluding carboxylic acids is 3. The molecular weight excluding hydrogens is 460 g/mol. The Bertz CT molecular complexity index is 1200. The first-order chi connectivity index (χ1) is 16.2. The fraction of sp³-hybridized carbons (Fsp3) is 0.304. The van der Waals surface area contributed by atoms with Crippen LogP contribution in [0.25, 0.3) is 0 Å². The van der Waals surface area contributed by atoms with E-state index in [1.165, 1.54) is 40.4 Å². The van der Waals surface area contributed by atoms with Crippen LogP contribution in [0.4, 0.5) is 5.69 Å². The van der Waals surface area contributed by atoms with Crippen LogP contribution in [-0.2, 0) is 24.3 Å². The Morgan fingerprint density at radius 1 is 1.03 bits per heavy atom. The number of nitrogens with zero attached hydrogens (tertiary/aromatic N) is 4. The standard InChI is InChI=1S/C23H24N4O6S/c1-18(28)25-12-14-26(15-13-25)34(31,32)21-9-5-6-19(16-21)23(30)33-17-22(29)27(11-10-24)20-7-3-2-4-8-20/h2-9,16H,11-15,17H2,1H3. The van der Waals surface area contributed by atoms with Crippen LogP contribution in [0.1, 0.15) is 17.3 Å². The predicted molar refractivity (Wildman–Crippen MR) is 122 cm³/mol. The Kier molecular flexibility index (Phi) is 7.99. The van der Waals surface area contributed by atoms with Crippen molar-refractivity contribution in [1.29, 1.82) is 5.26 Å². The van der Waals surface area contributed by atoms with Crippen molar-refractivity contribution < 1.29 is 27.5 Å². The molecule has 0 aliphatic carbocycles. The van der Waals surface area contributed by atoms with Gasteiger partial charge in [-0.25, -0.2) is 13.2 Å². The highest BCUT2D eigenvalue weighted by Crippen LogP contribution is 2.20. The van der Waals surface area contributed by atoms with Gasteiger partial charge in [0.15, 0.2) is 6.61 Å². The van der Waals surface area contributed by atoms with E-state index in [0.29, 0.717) is 18.8 Å². The minimum atomic E-state index is -3.88. The number of nitriles is 1. The summed E-state index contributed by atoms with van der Waals surface area (Å²) in [5.74, 6) is -1.57. The van der Waals surface area contributed by atoms with Crippen molar-refractivity contribution >= 4 is 33.5 Å². The number of hydrogen-bond donors (Lipinski definition) is 0. The van der Waals surface area contributed by atoms with Gasteiger partial charge in [-0.2, -0.15) is 9.57 Å². The molecule has 10 nitrogen and oxygen atoms in total. The summed E-state index contributed by atoms with van der Waals surface area (Å²) in [6.45, 7) is 1.49. The normalized spacial score (nSPS) is 14.2. The number of ether oxygens (including phenoxy) is 1. The van der Waals surface area contributed by atoms with Crippen LogP contribution < -0.4 is 4.90 Å². The van der Waals surface area contributed by atoms with Crippen molar-refractivity contribution in [3.05, 3.63) is 60.2 Å². The van der Waals surface area contributed by atoms with Gasteiger partial charge in [0.2, 0.25) is 15.9 Å². The number of piperazine rings is 1. The number of rotatable bonds is 7. The molecule has 2 aromatic carbocycles. The molecule has 2 amide bonds. The molecule has 2 aromatic rings. The van der Waals surface area contributed by atoms with Gasteiger partial charge >= 0.3 is 5.97 Å². The number of carbonyl (C=O) groups is 3. The first kappa shape index (κ1) is 24.9. The SMILES string of the molecule is CC(=O)N1CCN(S(=O)(=O)c2cccc(C(=O)OCC(=O)N(CC#N)c3ccccc3)c2)CC1. The second-order valence-electron chi connectivity index (χ2n) is 7.49. The van der Waals surface area contributed by atoms with E-state index in [0.717, 1.165) is 0 Å². The Hall–Kier alpha value is -3.75. The van der Waals surface area contributed by atoms with Crippen LogP contribution in [0.15, 0.2) is 59.5 Å². The largest absolute Gasteiger partial charge is 0.452 e. The number of anilines is 1. The molecule has 11 heteroatoms. The van der Waals surface area contributed by atoms with E-state index in [9.17, 15) is 22.8 Å². The number of para-hydroxylation sites is 1. The molecule has 0 aromatic heterocycles. The second kappa shape index (κ2) is 10.9. The molecule has 0 unspecified atom stereocenters. The average Bonchev–Trinajstić information content (AvgIpc) is 2.86. The van der Waals surface area contributed by atoms with E-state index >= 15 is 0 Å². The molecule has 0 saturated carbocycles. The minimum Gasteiger partial charge on any atom is -0.452 e. The third-order valence-electron chi connectivity index (χ3n) is 5.32. The van der Waals surface area contributed by atoms with Crippen LogP contribution in [-0.4, -0.2) is 74.7 Å². The van der Waals surface area contributed by atoms with Crippen LogP contribution in [0.3, 0.4) is 0 Å². The molecule has 1 heterocycles. The highest BCUT2D eigenvalue weighted by molar-refractivity contribution is 7.89. The lowest BCUT2D eigenvalue weighted by atomic mass is 10.2. The van der Waals surface area contributed by atoms with Crippen LogP contribution in [0.5, 0.6) is 0 Å². The summed E-state index contributed by atoms with van der Waals surface area (Å²) in [7, 11) is -3.88. The number of esters is 1. The zero-order valence-corrected chi connectivity index (χ0v) is 19.4. The van der Waals surface area contributed by atoms with Gasteiger partial charge in [-0.3, -0.25) is 14.5 Å². The van der Waals surface area contributed by atoms with Crippen molar-refractivity contribution in [1.82, 2.24) is 9.21 Å². The average molecular weight is 485 g/mol. The fourth-order valence-corrected chi connectivity index (χ4v) is 4.94. The Morgan fingerprint density at radius 3 is 2.32 bits per heavy atom. The third-order valence-corrected chi connectivity index (χ3v) is 7.21. The van der Waals surface area contributed by atoms with Crippen molar-refractivity contribution in [3.8, 4) is 6.07 Å². The van der Waals surface area contributed by atoms with E-state index < -0.39 is 28.5 Å². The molecule has 0 radical (unpaired) electrons. The Balaban J connectivity index is 1.67. The summed E-state index contributed by atoms with van der Waals surface area (Å²) in [6, 6.07) is 15.8. The Morgan fingerprint density at radius 2 is 1.71 bits per heavy atom. The molecule has 0 bridgehead atoms. The fourth-order valence-electron chi connectivity index (χ4n) is 3.47. The van der Waals surface area contributed by atoms with Crippen molar-refractivity contribution in [2.45, 2.75) is 11.8 Å². The van der Waals surface area contributed by atoms with Gasteiger partial charge in [0, 0.05) is 38.8 Å². The molecule has 0 spiro atoms. The zero-order chi connectivity index (χ0) is 24.7. The van der Waals surface area contributed by atoms with Gasteiger partial charge < -0.3 is 9.64 Å². The molecule has 1 saturated heterocycles. The van der Waals surface area contributed by atoms with E-state index in [-0.39, 0.29) is 36.0 Å². The lowest BCUT2D eigenvalue weighted by Crippen LogP contribution is -2.49.